The summed E-state index contributed by atoms with van der Waals surface area (Å²) in [6.07, 6.45) is -0.206. The van der Waals surface area contributed by atoms with Crippen LogP contribution in [-0.2, 0) is 23.9 Å². The number of hydrogen-bond acceptors (Lipinski definition) is 5. The molecule has 0 aliphatic heterocycles. The van der Waals surface area contributed by atoms with Crippen molar-refractivity contribution >= 4 is 17.9 Å². The number of hydrogen-bond donors (Lipinski definition) is 1. The Hall–Kier alpha value is -1.59. The number of carboxylic acids is 1. The van der Waals surface area contributed by atoms with Crippen LogP contribution in [-0.4, -0.2) is 35.7 Å². The van der Waals surface area contributed by atoms with Crippen molar-refractivity contribution < 1.29 is 29.0 Å². The molecule has 0 heterocycles. The molecule has 16 heavy (non-hydrogen) atoms. The highest BCUT2D eigenvalue weighted by Gasteiger charge is 2.11. The van der Waals surface area contributed by atoms with Crippen molar-refractivity contribution in [3.8, 4) is 0 Å². The minimum absolute atomic E-state index is 0.0598. The molecule has 0 aliphatic rings. The van der Waals surface area contributed by atoms with E-state index in [0.29, 0.717) is 6.42 Å². The van der Waals surface area contributed by atoms with E-state index in [1.165, 1.54) is 0 Å². The van der Waals surface area contributed by atoms with Crippen LogP contribution in [0.3, 0.4) is 0 Å². The third kappa shape index (κ3) is 7.78. The minimum Gasteiger partial charge on any atom is -0.481 e. The molecule has 1 atom stereocenters. The van der Waals surface area contributed by atoms with Crippen LogP contribution < -0.4 is 0 Å². The molecule has 0 aromatic heterocycles. The smallest absolute Gasteiger partial charge is 0.317 e. The van der Waals surface area contributed by atoms with E-state index in [1.807, 2.05) is 6.92 Å². The first-order valence-corrected chi connectivity index (χ1v) is 5.02. The van der Waals surface area contributed by atoms with Gasteiger partial charge in [0.05, 0.1) is 12.5 Å². The summed E-state index contributed by atoms with van der Waals surface area (Å²) in [4.78, 5) is 31.9. The zero-order valence-corrected chi connectivity index (χ0v) is 9.39. The van der Waals surface area contributed by atoms with Crippen molar-refractivity contribution in [2.75, 3.05) is 6.61 Å². The third-order valence-electron chi connectivity index (χ3n) is 1.77. The maximum atomic E-state index is 11.1. The number of ether oxygens (including phenoxy) is 2. The average Bonchev–Trinajstić information content (AvgIpc) is 2.16. The molecule has 0 aromatic carbocycles. The largest absolute Gasteiger partial charge is 0.481 e. The van der Waals surface area contributed by atoms with Crippen LogP contribution in [0.25, 0.3) is 0 Å². The highest BCUT2D eigenvalue weighted by Crippen LogP contribution is 1.99. The third-order valence-corrected chi connectivity index (χ3v) is 1.77. The molecule has 6 nitrogen and oxygen atoms in total. The second kappa shape index (κ2) is 7.67. The second-order valence-electron chi connectivity index (χ2n) is 3.25. The zero-order chi connectivity index (χ0) is 12.6. The lowest BCUT2D eigenvalue weighted by Gasteiger charge is -2.10. The predicted octanol–water partition coefficient (Wildman–Crippen LogP) is 0.736. The molecule has 6 heteroatoms. The molecule has 0 aromatic rings. The normalized spacial score (nSPS) is 11.6. The maximum absolute atomic E-state index is 11.1. The monoisotopic (exact) mass is 232 g/mol. The van der Waals surface area contributed by atoms with Crippen molar-refractivity contribution in [3.05, 3.63) is 0 Å². The molecule has 0 radical (unpaired) electrons. The van der Waals surface area contributed by atoms with Crippen molar-refractivity contribution in [1.82, 2.24) is 0 Å². The summed E-state index contributed by atoms with van der Waals surface area (Å²) >= 11 is 0. The van der Waals surface area contributed by atoms with E-state index in [-0.39, 0.29) is 19.1 Å². The Morgan fingerprint density at radius 2 is 1.88 bits per heavy atom. The molecule has 1 N–H and O–H groups in total. The van der Waals surface area contributed by atoms with Gasteiger partial charge in [-0.3, -0.25) is 14.4 Å². The van der Waals surface area contributed by atoms with Crippen molar-refractivity contribution in [1.29, 1.82) is 0 Å². The maximum Gasteiger partial charge on any atom is 0.317 e. The van der Waals surface area contributed by atoms with Crippen LogP contribution in [0.15, 0.2) is 0 Å². The van der Waals surface area contributed by atoms with E-state index in [0.717, 1.165) is 0 Å². The van der Waals surface area contributed by atoms with Gasteiger partial charge >= 0.3 is 17.9 Å². The molecular weight excluding hydrogens is 216 g/mol. The first kappa shape index (κ1) is 14.4. The van der Waals surface area contributed by atoms with Gasteiger partial charge < -0.3 is 14.6 Å². The Kier molecular flexibility index (Phi) is 6.91. The van der Waals surface area contributed by atoms with Crippen LogP contribution in [0.1, 0.15) is 33.1 Å². The Balaban J connectivity index is 3.62. The fourth-order valence-electron chi connectivity index (χ4n) is 0.789. The van der Waals surface area contributed by atoms with E-state index in [1.54, 1.807) is 6.92 Å². The quantitative estimate of drug-likeness (QED) is 0.514. The lowest BCUT2D eigenvalue weighted by molar-refractivity contribution is -0.154. The molecule has 0 rings (SSSR count). The van der Waals surface area contributed by atoms with Crippen LogP contribution in [0.2, 0.25) is 0 Å². The Labute approximate surface area is 93.5 Å². The van der Waals surface area contributed by atoms with Crippen molar-refractivity contribution in [3.63, 3.8) is 0 Å². The summed E-state index contributed by atoms with van der Waals surface area (Å²) in [6.45, 7) is 3.49. The van der Waals surface area contributed by atoms with Crippen molar-refractivity contribution in [2.45, 2.75) is 39.2 Å². The summed E-state index contributed by atoms with van der Waals surface area (Å²) in [5.74, 6) is -2.58. The van der Waals surface area contributed by atoms with Gasteiger partial charge in [0, 0.05) is 0 Å². The van der Waals surface area contributed by atoms with E-state index in [2.05, 4.69) is 4.74 Å². The van der Waals surface area contributed by atoms with Gasteiger partial charge in [0.15, 0.2) is 0 Å². The SMILES string of the molecule is CCC(C)OC(=O)CCOC(=O)CC(=O)O. The molecule has 0 amide bonds. The van der Waals surface area contributed by atoms with Gasteiger partial charge in [-0.15, -0.1) is 0 Å². The predicted molar refractivity (Wildman–Crippen MR) is 53.7 cm³/mol. The van der Waals surface area contributed by atoms with Crippen molar-refractivity contribution in [2.24, 2.45) is 0 Å². The summed E-state index contributed by atoms with van der Waals surface area (Å²) in [6, 6.07) is 0. The first-order chi connectivity index (χ1) is 7.45. The van der Waals surface area contributed by atoms with E-state index >= 15 is 0 Å². The van der Waals surface area contributed by atoms with Gasteiger partial charge in [-0.25, -0.2) is 0 Å². The number of carbonyl (C=O) groups is 3. The molecule has 0 bridgehead atoms. The van der Waals surface area contributed by atoms with Crippen LogP contribution in [0, 0.1) is 0 Å². The van der Waals surface area contributed by atoms with Gasteiger partial charge in [0.1, 0.15) is 13.0 Å². The number of rotatable bonds is 7. The van der Waals surface area contributed by atoms with Gasteiger partial charge in [-0.2, -0.15) is 0 Å². The van der Waals surface area contributed by atoms with Crippen LogP contribution in [0.5, 0.6) is 0 Å². The summed E-state index contributed by atoms with van der Waals surface area (Å²) < 4.78 is 9.43. The zero-order valence-electron chi connectivity index (χ0n) is 9.39. The highest BCUT2D eigenvalue weighted by atomic mass is 16.6. The van der Waals surface area contributed by atoms with Gasteiger partial charge in [0.2, 0.25) is 0 Å². The minimum atomic E-state index is -1.26. The fraction of sp³-hybridized carbons (Fsp3) is 0.700. The molecule has 92 valence electrons. The lowest BCUT2D eigenvalue weighted by atomic mass is 10.3. The Morgan fingerprint density at radius 1 is 1.25 bits per heavy atom. The summed E-state index contributed by atoms with van der Waals surface area (Å²) in [5, 5.41) is 8.25. The number of carbonyl (C=O) groups excluding carboxylic acids is 2. The van der Waals surface area contributed by atoms with E-state index < -0.39 is 24.3 Å². The van der Waals surface area contributed by atoms with Gasteiger partial charge in [0.25, 0.3) is 0 Å². The van der Waals surface area contributed by atoms with Gasteiger partial charge in [-0.1, -0.05) is 6.92 Å². The fourth-order valence-corrected chi connectivity index (χ4v) is 0.789. The molecule has 0 spiro atoms. The lowest BCUT2D eigenvalue weighted by Crippen LogP contribution is -2.17. The van der Waals surface area contributed by atoms with Gasteiger partial charge in [-0.05, 0) is 13.3 Å². The van der Waals surface area contributed by atoms with Crippen LogP contribution >= 0.6 is 0 Å². The van der Waals surface area contributed by atoms with E-state index in [4.69, 9.17) is 9.84 Å². The first-order valence-electron chi connectivity index (χ1n) is 5.02. The Morgan fingerprint density at radius 3 is 2.38 bits per heavy atom. The molecular formula is C10H16O6. The number of esters is 2. The van der Waals surface area contributed by atoms with Crippen LogP contribution in [0.4, 0.5) is 0 Å². The second-order valence-corrected chi connectivity index (χ2v) is 3.25. The van der Waals surface area contributed by atoms with E-state index in [9.17, 15) is 14.4 Å². The average molecular weight is 232 g/mol. The summed E-state index contributed by atoms with van der Waals surface area (Å²) in [7, 11) is 0. The number of aliphatic carboxylic acids is 1. The molecule has 0 saturated heterocycles. The highest BCUT2D eigenvalue weighted by molar-refractivity contribution is 5.90. The Bertz CT molecular complexity index is 260. The topological polar surface area (TPSA) is 89.9 Å². The molecule has 0 aliphatic carbocycles. The molecule has 0 saturated carbocycles. The summed E-state index contributed by atoms with van der Waals surface area (Å²) in [5.41, 5.74) is 0. The standard InChI is InChI=1S/C10H16O6/c1-3-7(2)16-9(13)4-5-15-10(14)6-8(11)12/h7H,3-6H2,1-2H3,(H,11,12). The molecule has 0 fully saturated rings. The number of carboxylic acid groups (broad SMARTS) is 1. The molecule has 1 unspecified atom stereocenters.